The fourth-order valence-electron chi connectivity index (χ4n) is 0.970. The maximum absolute atomic E-state index is 12.8. The first-order valence-corrected chi connectivity index (χ1v) is 4.01. The molecule has 0 radical (unpaired) electrons. The van der Waals surface area contributed by atoms with Crippen LogP contribution in [0.2, 0.25) is 0 Å². The van der Waals surface area contributed by atoms with Gasteiger partial charge in [0.2, 0.25) is 0 Å². The van der Waals surface area contributed by atoms with Crippen molar-refractivity contribution in [3.63, 3.8) is 0 Å². The molecule has 0 spiro atoms. The minimum absolute atomic E-state index is 0.0465. The molecule has 1 heterocycles. The number of alkyl halides is 2. The summed E-state index contributed by atoms with van der Waals surface area (Å²) in [5, 5.41) is 0. The third kappa shape index (κ3) is 2.45. The Labute approximate surface area is 75.8 Å². The third-order valence-electron chi connectivity index (χ3n) is 1.75. The van der Waals surface area contributed by atoms with Gasteiger partial charge in [-0.1, -0.05) is 0 Å². The number of hydrogen-bond donors (Lipinski definition) is 1. The maximum atomic E-state index is 12.8. The molecule has 4 heteroatoms. The molecular weight excluding hydrogens is 174 g/mol. The summed E-state index contributed by atoms with van der Waals surface area (Å²) in [5.74, 6) is -2.83. The SMILES string of the molecule is CC(N)c1cc(C(C)(F)F)ccn1. The molecule has 0 aliphatic carbocycles. The Morgan fingerprint density at radius 2 is 2.15 bits per heavy atom. The van der Waals surface area contributed by atoms with Gasteiger partial charge in [0.25, 0.3) is 5.92 Å². The van der Waals surface area contributed by atoms with Crippen molar-refractivity contribution in [3.05, 3.63) is 29.6 Å². The van der Waals surface area contributed by atoms with Crippen LogP contribution in [-0.2, 0) is 5.92 Å². The van der Waals surface area contributed by atoms with Crippen LogP contribution < -0.4 is 5.73 Å². The molecule has 1 aromatic rings. The van der Waals surface area contributed by atoms with E-state index < -0.39 is 5.92 Å². The predicted octanol–water partition coefficient (Wildman–Crippen LogP) is 2.21. The molecule has 72 valence electrons. The second-order valence-electron chi connectivity index (χ2n) is 3.15. The van der Waals surface area contributed by atoms with E-state index >= 15 is 0 Å². The zero-order chi connectivity index (χ0) is 10.1. The van der Waals surface area contributed by atoms with E-state index in [1.807, 2.05) is 0 Å². The highest BCUT2D eigenvalue weighted by Gasteiger charge is 2.24. The standard InChI is InChI=1S/C9H12F2N2/c1-6(12)8-5-7(3-4-13-8)9(2,10)11/h3-6H,12H2,1-2H3. The highest BCUT2D eigenvalue weighted by Crippen LogP contribution is 2.27. The Balaban J connectivity index is 3.06. The molecule has 2 N–H and O–H groups in total. The van der Waals surface area contributed by atoms with Crippen molar-refractivity contribution in [2.45, 2.75) is 25.8 Å². The first-order chi connectivity index (χ1) is 5.91. The molecule has 0 saturated heterocycles. The molecular formula is C9H12F2N2. The van der Waals surface area contributed by atoms with Crippen molar-refractivity contribution >= 4 is 0 Å². The van der Waals surface area contributed by atoms with Crippen molar-refractivity contribution in [1.82, 2.24) is 4.98 Å². The summed E-state index contributed by atoms with van der Waals surface area (Å²) in [6.07, 6.45) is 1.35. The average Bonchev–Trinajstić information content (AvgIpc) is 2.03. The van der Waals surface area contributed by atoms with E-state index in [0.29, 0.717) is 5.69 Å². The van der Waals surface area contributed by atoms with Crippen LogP contribution >= 0.6 is 0 Å². The summed E-state index contributed by atoms with van der Waals surface area (Å²) in [7, 11) is 0. The first kappa shape index (κ1) is 10.1. The Morgan fingerprint density at radius 3 is 2.62 bits per heavy atom. The van der Waals surface area contributed by atoms with Crippen LogP contribution in [0.15, 0.2) is 18.3 Å². The van der Waals surface area contributed by atoms with E-state index in [1.165, 1.54) is 18.3 Å². The van der Waals surface area contributed by atoms with E-state index in [0.717, 1.165) is 6.92 Å². The summed E-state index contributed by atoms with van der Waals surface area (Å²) in [5.41, 5.74) is 5.96. The lowest BCUT2D eigenvalue weighted by atomic mass is 10.1. The molecule has 0 aliphatic rings. The number of rotatable bonds is 2. The van der Waals surface area contributed by atoms with Gasteiger partial charge in [-0.2, -0.15) is 0 Å². The number of aromatic nitrogens is 1. The molecule has 1 aromatic heterocycles. The van der Waals surface area contributed by atoms with Crippen molar-refractivity contribution in [2.24, 2.45) is 5.73 Å². The van der Waals surface area contributed by atoms with Crippen LogP contribution in [0.4, 0.5) is 8.78 Å². The summed E-state index contributed by atoms with van der Waals surface area (Å²) < 4.78 is 25.7. The molecule has 13 heavy (non-hydrogen) atoms. The minimum atomic E-state index is -2.83. The lowest BCUT2D eigenvalue weighted by Crippen LogP contribution is -2.12. The summed E-state index contributed by atoms with van der Waals surface area (Å²) >= 11 is 0. The molecule has 1 unspecified atom stereocenters. The van der Waals surface area contributed by atoms with Crippen LogP contribution in [0.1, 0.15) is 31.1 Å². The van der Waals surface area contributed by atoms with Crippen LogP contribution in [0, 0.1) is 0 Å². The van der Waals surface area contributed by atoms with Gasteiger partial charge in [-0.15, -0.1) is 0 Å². The Kier molecular flexibility index (Phi) is 2.61. The van der Waals surface area contributed by atoms with Crippen LogP contribution in [-0.4, -0.2) is 4.98 Å². The molecule has 0 fully saturated rings. The predicted molar refractivity (Wildman–Crippen MR) is 46.4 cm³/mol. The third-order valence-corrected chi connectivity index (χ3v) is 1.75. The second kappa shape index (κ2) is 3.38. The van der Waals surface area contributed by atoms with Crippen molar-refractivity contribution in [3.8, 4) is 0 Å². The van der Waals surface area contributed by atoms with Crippen molar-refractivity contribution in [1.29, 1.82) is 0 Å². The molecule has 0 aromatic carbocycles. The molecule has 1 atom stereocenters. The summed E-state index contributed by atoms with van der Waals surface area (Å²) in [4.78, 5) is 3.89. The summed E-state index contributed by atoms with van der Waals surface area (Å²) in [6, 6.07) is 2.32. The topological polar surface area (TPSA) is 38.9 Å². The molecule has 0 bridgehead atoms. The fourth-order valence-corrected chi connectivity index (χ4v) is 0.970. The highest BCUT2D eigenvalue weighted by atomic mass is 19.3. The van der Waals surface area contributed by atoms with Crippen LogP contribution in [0.25, 0.3) is 0 Å². The average molecular weight is 186 g/mol. The van der Waals surface area contributed by atoms with E-state index in [2.05, 4.69) is 4.98 Å². The number of nitrogens with two attached hydrogens (primary N) is 1. The molecule has 1 rings (SSSR count). The second-order valence-corrected chi connectivity index (χ2v) is 3.15. The zero-order valence-electron chi connectivity index (χ0n) is 7.59. The smallest absolute Gasteiger partial charge is 0.270 e. The first-order valence-electron chi connectivity index (χ1n) is 4.01. The van der Waals surface area contributed by atoms with Gasteiger partial charge in [0.15, 0.2) is 0 Å². The van der Waals surface area contributed by atoms with E-state index in [1.54, 1.807) is 6.92 Å². The molecule has 0 aliphatic heterocycles. The Hall–Kier alpha value is -1.03. The van der Waals surface area contributed by atoms with Crippen molar-refractivity contribution in [2.75, 3.05) is 0 Å². The fraction of sp³-hybridized carbons (Fsp3) is 0.444. The van der Waals surface area contributed by atoms with Gasteiger partial charge in [-0.3, -0.25) is 4.98 Å². The van der Waals surface area contributed by atoms with Gasteiger partial charge in [-0.05, 0) is 19.1 Å². The summed E-state index contributed by atoms with van der Waals surface area (Å²) in [6.45, 7) is 2.56. The van der Waals surface area contributed by atoms with E-state index in [4.69, 9.17) is 5.73 Å². The van der Waals surface area contributed by atoms with Crippen LogP contribution in [0.5, 0.6) is 0 Å². The molecule has 2 nitrogen and oxygen atoms in total. The van der Waals surface area contributed by atoms with Gasteiger partial charge in [0.1, 0.15) is 0 Å². The number of nitrogens with zero attached hydrogens (tertiary/aromatic N) is 1. The normalized spacial score (nSPS) is 14.2. The number of hydrogen-bond acceptors (Lipinski definition) is 2. The Morgan fingerprint density at radius 1 is 1.54 bits per heavy atom. The quantitative estimate of drug-likeness (QED) is 0.769. The number of pyridine rings is 1. The van der Waals surface area contributed by atoms with E-state index in [9.17, 15) is 8.78 Å². The van der Waals surface area contributed by atoms with E-state index in [-0.39, 0.29) is 11.6 Å². The minimum Gasteiger partial charge on any atom is -0.323 e. The van der Waals surface area contributed by atoms with Crippen LogP contribution in [0.3, 0.4) is 0 Å². The van der Waals surface area contributed by atoms with Gasteiger partial charge < -0.3 is 5.73 Å². The molecule has 0 saturated carbocycles. The van der Waals surface area contributed by atoms with Gasteiger partial charge in [0, 0.05) is 24.7 Å². The largest absolute Gasteiger partial charge is 0.323 e. The van der Waals surface area contributed by atoms with Crippen molar-refractivity contribution < 1.29 is 8.78 Å². The Bertz CT molecular complexity index is 292. The maximum Gasteiger partial charge on any atom is 0.270 e. The zero-order valence-corrected chi connectivity index (χ0v) is 7.59. The van der Waals surface area contributed by atoms with Gasteiger partial charge in [0.05, 0.1) is 5.69 Å². The highest BCUT2D eigenvalue weighted by molar-refractivity contribution is 5.21. The monoisotopic (exact) mass is 186 g/mol. The number of halogens is 2. The lowest BCUT2D eigenvalue weighted by molar-refractivity contribution is 0.0173. The molecule has 0 amide bonds. The van der Waals surface area contributed by atoms with Gasteiger partial charge in [-0.25, -0.2) is 8.78 Å². The van der Waals surface area contributed by atoms with Gasteiger partial charge >= 0.3 is 0 Å². The lowest BCUT2D eigenvalue weighted by Gasteiger charge is -2.12.